The lowest BCUT2D eigenvalue weighted by Gasteiger charge is -2.03. The summed E-state index contributed by atoms with van der Waals surface area (Å²) in [6.45, 7) is 3.52. The minimum absolute atomic E-state index is 0.189. The molecule has 1 aromatic heterocycles. The van der Waals surface area contributed by atoms with E-state index < -0.39 is 0 Å². The van der Waals surface area contributed by atoms with Gasteiger partial charge in [-0.1, -0.05) is 0 Å². The van der Waals surface area contributed by atoms with Crippen molar-refractivity contribution in [2.24, 2.45) is 0 Å². The maximum Gasteiger partial charge on any atom is 0.286 e. The van der Waals surface area contributed by atoms with Gasteiger partial charge in [0, 0.05) is 19.0 Å². The average Bonchev–Trinajstić information content (AvgIpc) is 2.70. The van der Waals surface area contributed by atoms with Crippen LogP contribution < -0.4 is 5.32 Å². The molecule has 0 saturated carbocycles. The third-order valence-electron chi connectivity index (χ3n) is 1.94. The fourth-order valence-corrected chi connectivity index (χ4v) is 1.29. The van der Waals surface area contributed by atoms with Gasteiger partial charge in [0.2, 0.25) is 0 Å². The molecule has 1 amide bonds. The molecule has 1 heterocycles. The first kappa shape index (κ1) is 13.1. The Morgan fingerprint density at radius 1 is 1.50 bits per heavy atom. The van der Waals surface area contributed by atoms with Crippen molar-refractivity contribution in [3.63, 3.8) is 0 Å². The van der Waals surface area contributed by atoms with Crippen molar-refractivity contribution >= 4 is 17.5 Å². The lowest BCUT2D eigenvalue weighted by Crippen LogP contribution is -2.24. The van der Waals surface area contributed by atoms with Crippen LogP contribution in [0.25, 0.3) is 0 Å². The number of halogens is 1. The Morgan fingerprint density at radius 2 is 2.31 bits per heavy atom. The minimum atomic E-state index is -0.189. The molecule has 0 unspecified atom stereocenters. The van der Waals surface area contributed by atoms with Crippen LogP contribution in [0.4, 0.5) is 0 Å². The Hall–Kier alpha value is -1.00. The fourth-order valence-electron chi connectivity index (χ4n) is 1.18. The summed E-state index contributed by atoms with van der Waals surface area (Å²) in [7, 11) is 0. The van der Waals surface area contributed by atoms with E-state index in [1.165, 1.54) is 0 Å². The van der Waals surface area contributed by atoms with Crippen molar-refractivity contribution in [3.8, 4) is 0 Å². The summed E-state index contributed by atoms with van der Waals surface area (Å²) in [6, 6.07) is 3.42. The molecule has 1 rings (SSSR count). The highest BCUT2D eigenvalue weighted by Gasteiger charge is 2.08. The minimum Gasteiger partial charge on any atom is -0.456 e. The third-order valence-corrected chi connectivity index (χ3v) is 2.09. The van der Waals surface area contributed by atoms with Crippen molar-refractivity contribution in [2.75, 3.05) is 25.6 Å². The topological polar surface area (TPSA) is 51.5 Å². The molecule has 0 bridgehead atoms. The van der Waals surface area contributed by atoms with E-state index in [0.29, 0.717) is 31.4 Å². The summed E-state index contributed by atoms with van der Waals surface area (Å²) in [5.74, 6) is 1.39. The van der Waals surface area contributed by atoms with Crippen molar-refractivity contribution in [1.29, 1.82) is 0 Å². The number of nitrogens with one attached hydrogen (secondary N) is 1. The second kappa shape index (κ2) is 7.30. The van der Waals surface area contributed by atoms with Gasteiger partial charge in [-0.05, 0) is 25.5 Å². The first-order chi connectivity index (χ1) is 7.74. The maximum absolute atomic E-state index is 11.5. The van der Waals surface area contributed by atoms with Crippen molar-refractivity contribution in [2.45, 2.75) is 13.3 Å². The molecule has 0 spiro atoms. The van der Waals surface area contributed by atoms with E-state index in [9.17, 15) is 4.79 Å². The molecule has 0 saturated heterocycles. The number of hydrogen-bond acceptors (Lipinski definition) is 3. The third kappa shape index (κ3) is 4.68. The Kier molecular flexibility index (Phi) is 5.96. The van der Waals surface area contributed by atoms with Crippen molar-refractivity contribution < 1.29 is 13.9 Å². The zero-order valence-corrected chi connectivity index (χ0v) is 10.0. The van der Waals surface area contributed by atoms with Crippen LogP contribution in [0.2, 0.25) is 0 Å². The number of aryl methyl sites for hydroxylation is 1. The Balaban J connectivity index is 2.11. The van der Waals surface area contributed by atoms with Gasteiger partial charge in [-0.25, -0.2) is 0 Å². The second-order valence-electron chi connectivity index (χ2n) is 3.32. The zero-order valence-electron chi connectivity index (χ0n) is 9.29. The largest absolute Gasteiger partial charge is 0.456 e. The van der Waals surface area contributed by atoms with E-state index >= 15 is 0 Å². The van der Waals surface area contributed by atoms with Crippen molar-refractivity contribution in [3.05, 3.63) is 23.7 Å². The number of rotatable bonds is 7. The Bertz CT molecular complexity index is 325. The summed E-state index contributed by atoms with van der Waals surface area (Å²) < 4.78 is 10.3. The van der Waals surface area contributed by atoms with Gasteiger partial charge >= 0.3 is 0 Å². The van der Waals surface area contributed by atoms with Crippen LogP contribution in [-0.4, -0.2) is 31.5 Å². The molecule has 0 aliphatic carbocycles. The van der Waals surface area contributed by atoms with Gasteiger partial charge in [0.25, 0.3) is 5.91 Å². The molecular weight excluding hydrogens is 230 g/mol. The number of amides is 1. The van der Waals surface area contributed by atoms with Crippen LogP contribution >= 0.6 is 11.6 Å². The monoisotopic (exact) mass is 245 g/mol. The highest BCUT2D eigenvalue weighted by atomic mass is 35.5. The molecule has 0 aromatic carbocycles. The second-order valence-corrected chi connectivity index (χ2v) is 3.70. The summed E-state index contributed by atoms with van der Waals surface area (Å²) in [4.78, 5) is 11.5. The van der Waals surface area contributed by atoms with Crippen molar-refractivity contribution in [1.82, 2.24) is 5.32 Å². The van der Waals surface area contributed by atoms with Gasteiger partial charge in [-0.3, -0.25) is 4.79 Å². The number of carbonyl (C=O) groups excluding carboxylic acids is 1. The standard InChI is InChI=1S/C11H16ClNO3/c1-9-3-4-10(16-9)11(14)13-6-2-7-15-8-5-12/h3-4H,2,5-8H2,1H3,(H,13,14). The van der Waals surface area contributed by atoms with Crippen LogP contribution in [0.15, 0.2) is 16.5 Å². The maximum atomic E-state index is 11.5. The van der Waals surface area contributed by atoms with Crippen LogP contribution in [0.1, 0.15) is 22.7 Å². The molecular formula is C11H16ClNO3. The van der Waals surface area contributed by atoms with Gasteiger partial charge < -0.3 is 14.5 Å². The molecule has 0 aliphatic heterocycles. The summed E-state index contributed by atoms with van der Waals surface area (Å²) in [5, 5.41) is 2.74. The molecule has 0 aliphatic rings. The molecule has 90 valence electrons. The smallest absolute Gasteiger partial charge is 0.286 e. The molecule has 16 heavy (non-hydrogen) atoms. The predicted octanol–water partition coefficient (Wildman–Crippen LogP) is 1.96. The number of ether oxygens (including phenoxy) is 1. The van der Waals surface area contributed by atoms with Gasteiger partial charge in [0.1, 0.15) is 5.76 Å². The lowest BCUT2D eigenvalue weighted by molar-refractivity contribution is 0.0916. The SMILES string of the molecule is Cc1ccc(C(=O)NCCCOCCCl)o1. The van der Waals surface area contributed by atoms with Crippen LogP contribution in [0, 0.1) is 6.92 Å². The van der Waals surface area contributed by atoms with E-state index in [-0.39, 0.29) is 5.91 Å². The average molecular weight is 246 g/mol. The van der Waals surface area contributed by atoms with E-state index in [1.54, 1.807) is 19.1 Å². The quantitative estimate of drug-likeness (QED) is 0.590. The van der Waals surface area contributed by atoms with E-state index in [1.807, 2.05) is 0 Å². The van der Waals surface area contributed by atoms with Crippen LogP contribution in [0.5, 0.6) is 0 Å². The highest BCUT2D eigenvalue weighted by molar-refractivity contribution is 6.17. The molecule has 1 aromatic rings. The first-order valence-corrected chi connectivity index (χ1v) is 5.76. The Labute approximate surface area is 99.9 Å². The van der Waals surface area contributed by atoms with Gasteiger partial charge in [0.15, 0.2) is 5.76 Å². The number of furan rings is 1. The molecule has 0 atom stereocenters. The molecule has 0 fully saturated rings. The highest BCUT2D eigenvalue weighted by Crippen LogP contribution is 2.05. The Morgan fingerprint density at radius 3 is 2.94 bits per heavy atom. The number of carbonyl (C=O) groups is 1. The number of hydrogen-bond donors (Lipinski definition) is 1. The molecule has 5 heteroatoms. The van der Waals surface area contributed by atoms with Gasteiger partial charge in [-0.2, -0.15) is 0 Å². The predicted molar refractivity (Wildman–Crippen MR) is 61.9 cm³/mol. The van der Waals surface area contributed by atoms with Crippen LogP contribution in [0.3, 0.4) is 0 Å². The zero-order chi connectivity index (χ0) is 11.8. The molecule has 1 N–H and O–H groups in total. The van der Waals surface area contributed by atoms with Gasteiger partial charge in [-0.15, -0.1) is 11.6 Å². The van der Waals surface area contributed by atoms with Crippen LogP contribution in [-0.2, 0) is 4.74 Å². The summed E-state index contributed by atoms with van der Waals surface area (Å²) in [5.41, 5.74) is 0. The number of alkyl halides is 1. The normalized spacial score (nSPS) is 10.4. The lowest BCUT2D eigenvalue weighted by atomic mass is 10.4. The van der Waals surface area contributed by atoms with E-state index in [0.717, 1.165) is 12.2 Å². The molecule has 0 radical (unpaired) electrons. The summed E-state index contributed by atoms with van der Waals surface area (Å²) in [6.07, 6.45) is 0.766. The van der Waals surface area contributed by atoms with E-state index in [4.69, 9.17) is 20.8 Å². The molecule has 4 nitrogen and oxygen atoms in total. The van der Waals surface area contributed by atoms with E-state index in [2.05, 4.69) is 5.32 Å². The first-order valence-electron chi connectivity index (χ1n) is 5.22. The summed E-state index contributed by atoms with van der Waals surface area (Å²) >= 11 is 5.44. The van der Waals surface area contributed by atoms with Gasteiger partial charge in [0.05, 0.1) is 6.61 Å². The fraction of sp³-hybridized carbons (Fsp3) is 0.545.